The summed E-state index contributed by atoms with van der Waals surface area (Å²) in [6, 6.07) is 13.1. The van der Waals surface area contributed by atoms with E-state index in [0.717, 1.165) is 49.7 Å². The molecule has 2 aliphatic heterocycles. The molecule has 0 radical (unpaired) electrons. The number of hydrogen-bond donors (Lipinski definition) is 1. The molecular formula is C25H32BrN3O4S. The molecule has 1 unspecified atom stereocenters. The van der Waals surface area contributed by atoms with Gasteiger partial charge in [0, 0.05) is 36.3 Å². The highest BCUT2D eigenvalue weighted by atomic mass is 79.9. The van der Waals surface area contributed by atoms with Crippen LogP contribution in [0.3, 0.4) is 0 Å². The Morgan fingerprint density at radius 2 is 1.79 bits per heavy atom. The van der Waals surface area contributed by atoms with Gasteiger partial charge >= 0.3 is 0 Å². The summed E-state index contributed by atoms with van der Waals surface area (Å²) in [7, 11) is -2.23. The van der Waals surface area contributed by atoms with Gasteiger partial charge in [0.1, 0.15) is 10.6 Å². The molecule has 2 heterocycles. The monoisotopic (exact) mass is 549 g/mol. The minimum absolute atomic E-state index is 0.0769. The van der Waals surface area contributed by atoms with Crippen LogP contribution in [0.5, 0.6) is 5.75 Å². The van der Waals surface area contributed by atoms with Crippen molar-refractivity contribution in [2.45, 2.75) is 43.5 Å². The maximum atomic E-state index is 13.3. The van der Waals surface area contributed by atoms with Crippen LogP contribution in [0.2, 0.25) is 0 Å². The molecule has 2 aliphatic rings. The molecule has 0 bridgehead atoms. The number of sulfonamides is 1. The van der Waals surface area contributed by atoms with Gasteiger partial charge in [-0.3, -0.25) is 9.69 Å². The zero-order valence-electron chi connectivity index (χ0n) is 19.5. The number of halogens is 1. The number of anilines is 1. The van der Waals surface area contributed by atoms with E-state index < -0.39 is 10.0 Å². The van der Waals surface area contributed by atoms with E-state index >= 15 is 0 Å². The normalized spacial score (nSPS) is 20.1. The van der Waals surface area contributed by atoms with Crippen LogP contribution < -0.4 is 10.1 Å². The number of amides is 1. The van der Waals surface area contributed by atoms with E-state index in [1.807, 2.05) is 12.1 Å². The summed E-state index contributed by atoms with van der Waals surface area (Å²) in [6.45, 7) is 3.46. The molecule has 1 atom stereocenters. The minimum atomic E-state index is -3.69. The maximum absolute atomic E-state index is 13.3. The van der Waals surface area contributed by atoms with Gasteiger partial charge < -0.3 is 10.1 Å². The molecule has 1 N–H and O–H groups in total. The lowest BCUT2D eigenvalue weighted by molar-refractivity contribution is -0.121. The number of piperidine rings is 2. The third-order valence-corrected chi connectivity index (χ3v) is 9.01. The predicted molar refractivity (Wildman–Crippen MR) is 136 cm³/mol. The second kappa shape index (κ2) is 11.2. The molecule has 2 aromatic carbocycles. The van der Waals surface area contributed by atoms with Crippen molar-refractivity contribution >= 4 is 37.5 Å². The molecule has 2 aromatic rings. The molecule has 4 rings (SSSR count). The van der Waals surface area contributed by atoms with Crippen molar-refractivity contribution in [2.24, 2.45) is 5.92 Å². The van der Waals surface area contributed by atoms with Gasteiger partial charge in [-0.25, -0.2) is 8.42 Å². The maximum Gasteiger partial charge on any atom is 0.246 e. The fraction of sp³-hybridized carbons (Fsp3) is 0.480. The van der Waals surface area contributed by atoms with E-state index in [-0.39, 0.29) is 16.7 Å². The SMILES string of the molecule is COc1ccc(NC(=O)C2CCCN(Cc3ccc(Br)cc3)C2)cc1S(=O)(=O)N1CCCCC1. The molecule has 9 heteroatoms. The van der Waals surface area contributed by atoms with Gasteiger partial charge in [-0.1, -0.05) is 34.5 Å². The van der Waals surface area contributed by atoms with Crippen molar-refractivity contribution in [3.63, 3.8) is 0 Å². The summed E-state index contributed by atoms with van der Waals surface area (Å²) >= 11 is 3.46. The Morgan fingerprint density at radius 1 is 1.06 bits per heavy atom. The largest absolute Gasteiger partial charge is 0.495 e. The number of carbonyl (C=O) groups is 1. The van der Waals surface area contributed by atoms with E-state index in [4.69, 9.17) is 4.74 Å². The summed E-state index contributed by atoms with van der Waals surface area (Å²) < 4.78 is 34.4. The Kier molecular flexibility index (Phi) is 8.29. The van der Waals surface area contributed by atoms with Gasteiger partial charge in [-0.05, 0) is 68.1 Å². The third-order valence-electron chi connectivity index (χ3n) is 6.56. The number of carbonyl (C=O) groups excluding carboxylic acids is 1. The van der Waals surface area contributed by atoms with Crippen LogP contribution in [-0.4, -0.2) is 56.8 Å². The fourth-order valence-corrected chi connectivity index (χ4v) is 6.67. The zero-order chi connectivity index (χ0) is 24.1. The predicted octanol–water partition coefficient (Wildman–Crippen LogP) is 4.48. The molecule has 0 spiro atoms. The van der Waals surface area contributed by atoms with E-state index in [1.165, 1.54) is 23.0 Å². The first-order valence-corrected chi connectivity index (χ1v) is 14.1. The molecule has 2 saturated heterocycles. The first kappa shape index (κ1) is 25.2. The topological polar surface area (TPSA) is 79.0 Å². The lowest BCUT2D eigenvalue weighted by Crippen LogP contribution is -2.40. The summed E-state index contributed by atoms with van der Waals surface area (Å²) in [5.41, 5.74) is 1.69. The summed E-state index contributed by atoms with van der Waals surface area (Å²) in [6.07, 6.45) is 4.52. The smallest absolute Gasteiger partial charge is 0.246 e. The van der Waals surface area contributed by atoms with Crippen LogP contribution in [0.25, 0.3) is 0 Å². The first-order valence-electron chi connectivity index (χ1n) is 11.8. The number of rotatable bonds is 7. The Hall–Kier alpha value is -1.94. The van der Waals surface area contributed by atoms with Gasteiger partial charge in [-0.15, -0.1) is 0 Å². The lowest BCUT2D eigenvalue weighted by atomic mass is 9.96. The summed E-state index contributed by atoms with van der Waals surface area (Å²) in [5.74, 6) is 0.0716. The van der Waals surface area contributed by atoms with E-state index in [0.29, 0.717) is 31.1 Å². The van der Waals surface area contributed by atoms with Crippen LogP contribution in [0, 0.1) is 5.92 Å². The van der Waals surface area contributed by atoms with Crippen LogP contribution in [0.4, 0.5) is 5.69 Å². The van der Waals surface area contributed by atoms with E-state index in [1.54, 1.807) is 12.1 Å². The lowest BCUT2D eigenvalue weighted by Gasteiger charge is -2.32. The number of hydrogen-bond acceptors (Lipinski definition) is 5. The molecule has 184 valence electrons. The highest BCUT2D eigenvalue weighted by Gasteiger charge is 2.30. The van der Waals surface area contributed by atoms with Crippen molar-refractivity contribution in [3.8, 4) is 5.75 Å². The third kappa shape index (κ3) is 6.00. The van der Waals surface area contributed by atoms with E-state index in [2.05, 4.69) is 38.3 Å². The van der Waals surface area contributed by atoms with E-state index in [9.17, 15) is 13.2 Å². The first-order chi connectivity index (χ1) is 16.4. The Morgan fingerprint density at radius 3 is 2.50 bits per heavy atom. The highest BCUT2D eigenvalue weighted by Crippen LogP contribution is 2.31. The highest BCUT2D eigenvalue weighted by molar-refractivity contribution is 9.10. The minimum Gasteiger partial charge on any atom is -0.495 e. The van der Waals surface area contributed by atoms with Gasteiger partial charge in [0.2, 0.25) is 15.9 Å². The van der Waals surface area contributed by atoms with Crippen LogP contribution >= 0.6 is 15.9 Å². The van der Waals surface area contributed by atoms with Gasteiger partial charge in [0.25, 0.3) is 0 Å². The number of nitrogens with zero attached hydrogens (tertiary/aromatic N) is 2. The van der Waals surface area contributed by atoms with Crippen molar-refractivity contribution in [3.05, 3.63) is 52.5 Å². The number of likely N-dealkylation sites (tertiary alicyclic amines) is 1. The Labute approximate surface area is 210 Å². The average molecular weight is 551 g/mol. The fourth-order valence-electron chi connectivity index (χ4n) is 4.71. The summed E-state index contributed by atoms with van der Waals surface area (Å²) in [5, 5.41) is 2.96. The van der Waals surface area contributed by atoms with Gasteiger partial charge in [-0.2, -0.15) is 4.31 Å². The second-order valence-electron chi connectivity index (χ2n) is 9.02. The standard InChI is InChI=1S/C25H32BrN3O4S/c1-33-23-12-11-22(16-24(23)34(31,32)29-14-3-2-4-15-29)27-25(30)20-6-5-13-28(18-20)17-19-7-9-21(26)10-8-19/h7-12,16,20H,2-6,13-15,17-18H2,1H3,(H,27,30). The molecular weight excluding hydrogens is 518 g/mol. The van der Waals surface area contributed by atoms with Crippen LogP contribution in [-0.2, 0) is 21.4 Å². The molecule has 0 saturated carbocycles. The zero-order valence-corrected chi connectivity index (χ0v) is 21.9. The van der Waals surface area contributed by atoms with Crippen LogP contribution in [0.1, 0.15) is 37.7 Å². The average Bonchev–Trinajstić information content (AvgIpc) is 2.86. The second-order valence-corrected chi connectivity index (χ2v) is 11.8. The van der Waals surface area contributed by atoms with Gasteiger partial charge in [0.15, 0.2) is 0 Å². The molecule has 0 aliphatic carbocycles. The number of nitrogens with one attached hydrogen (secondary N) is 1. The number of benzene rings is 2. The molecule has 2 fully saturated rings. The van der Waals surface area contributed by atoms with Crippen molar-refractivity contribution in [1.82, 2.24) is 9.21 Å². The molecule has 7 nitrogen and oxygen atoms in total. The molecule has 1 amide bonds. The quantitative estimate of drug-likeness (QED) is 0.550. The summed E-state index contributed by atoms with van der Waals surface area (Å²) in [4.78, 5) is 15.5. The Balaban J connectivity index is 1.45. The van der Waals surface area contributed by atoms with Crippen LogP contribution in [0.15, 0.2) is 51.8 Å². The Bertz CT molecular complexity index is 1100. The molecule has 34 heavy (non-hydrogen) atoms. The van der Waals surface area contributed by atoms with Crippen molar-refractivity contribution in [1.29, 1.82) is 0 Å². The number of methoxy groups -OCH3 is 1. The van der Waals surface area contributed by atoms with Crippen molar-refractivity contribution < 1.29 is 17.9 Å². The van der Waals surface area contributed by atoms with Crippen molar-refractivity contribution in [2.75, 3.05) is 38.6 Å². The number of ether oxygens (including phenoxy) is 1. The molecule has 0 aromatic heterocycles. The van der Waals surface area contributed by atoms with Gasteiger partial charge in [0.05, 0.1) is 13.0 Å².